The van der Waals surface area contributed by atoms with E-state index in [9.17, 15) is 9.90 Å². The normalized spacial score (nSPS) is 13.8. The Hall–Kier alpha value is -4.40. The molecular weight excluding hydrogens is 570 g/mol. The molecule has 1 aromatic heterocycles. The minimum absolute atomic E-state index is 0.0713. The Kier molecular flexibility index (Phi) is 10.1. The molecule has 236 valence electrons. The summed E-state index contributed by atoms with van der Waals surface area (Å²) in [5.74, 6) is 1.48. The van der Waals surface area contributed by atoms with E-state index in [0.717, 1.165) is 45.7 Å². The predicted octanol–water partition coefficient (Wildman–Crippen LogP) is 6.70. The third-order valence-corrected chi connectivity index (χ3v) is 7.75. The van der Waals surface area contributed by atoms with Crippen molar-refractivity contribution in [2.24, 2.45) is 0 Å². The average Bonchev–Trinajstić information content (AvgIpc) is 3.51. The summed E-state index contributed by atoms with van der Waals surface area (Å²) in [6.45, 7) is 6.80. The number of methoxy groups -OCH3 is 2. The van der Waals surface area contributed by atoms with Crippen LogP contribution in [0.15, 0.2) is 79.0 Å². The Bertz CT molecular complexity index is 1610. The number of carbonyl (C=O) groups is 1. The molecule has 0 radical (unpaired) electrons. The van der Waals surface area contributed by atoms with E-state index in [1.165, 1.54) is 0 Å². The van der Waals surface area contributed by atoms with Gasteiger partial charge in [0.1, 0.15) is 29.0 Å². The van der Waals surface area contributed by atoms with Crippen molar-refractivity contribution < 1.29 is 33.6 Å². The quantitative estimate of drug-likeness (QED) is 0.177. The van der Waals surface area contributed by atoms with Gasteiger partial charge in [0.15, 0.2) is 0 Å². The van der Waals surface area contributed by atoms with E-state index in [1.54, 1.807) is 20.4 Å². The standard InChI is InChI=1S/C37H41NO7/c1-37(2,3)45-34(39)21-32(26-11-10-25-16-18-44-33(25)20-26)31-7-6-17-38-35(31)36(40)30-15-14-29(42-5)19-27(30)23-43-22-24-8-12-28(41-4)13-9-24/h6-15,17,19-20,32,36,40H,16,18,21-23H2,1-5H3/t32-,36-/m0/s1. The maximum atomic E-state index is 13.2. The predicted molar refractivity (Wildman–Crippen MR) is 171 cm³/mol. The minimum atomic E-state index is -1.10. The first-order valence-electron chi connectivity index (χ1n) is 15.1. The van der Waals surface area contributed by atoms with Crippen LogP contribution in [0.1, 0.15) is 78.3 Å². The van der Waals surface area contributed by atoms with Crippen molar-refractivity contribution in [3.05, 3.63) is 118 Å². The molecule has 0 unspecified atom stereocenters. The third kappa shape index (κ3) is 8.01. The number of fused-ring (bicyclic) bond motifs is 1. The minimum Gasteiger partial charge on any atom is -0.497 e. The second kappa shape index (κ2) is 14.1. The molecule has 0 spiro atoms. The maximum absolute atomic E-state index is 13.2. The molecule has 2 heterocycles. The van der Waals surface area contributed by atoms with Crippen LogP contribution in [-0.2, 0) is 33.9 Å². The first kappa shape index (κ1) is 32.0. The molecule has 0 bridgehead atoms. The summed E-state index contributed by atoms with van der Waals surface area (Å²) in [7, 11) is 3.24. The number of carbonyl (C=O) groups excluding carboxylic acids is 1. The van der Waals surface area contributed by atoms with Crippen LogP contribution in [0.5, 0.6) is 17.2 Å². The van der Waals surface area contributed by atoms with Crippen molar-refractivity contribution in [1.29, 1.82) is 0 Å². The van der Waals surface area contributed by atoms with Crippen LogP contribution in [0.25, 0.3) is 0 Å². The zero-order chi connectivity index (χ0) is 32.0. The largest absolute Gasteiger partial charge is 0.497 e. The lowest BCUT2D eigenvalue weighted by Gasteiger charge is -2.26. The van der Waals surface area contributed by atoms with Gasteiger partial charge in [-0.2, -0.15) is 0 Å². The smallest absolute Gasteiger partial charge is 0.307 e. The molecule has 0 aliphatic carbocycles. The number of rotatable bonds is 12. The molecule has 1 aliphatic heterocycles. The van der Waals surface area contributed by atoms with Crippen LogP contribution in [0.2, 0.25) is 0 Å². The first-order valence-corrected chi connectivity index (χ1v) is 15.1. The summed E-state index contributed by atoms with van der Waals surface area (Å²) in [4.78, 5) is 17.9. The van der Waals surface area contributed by atoms with Gasteiger partial charge < -0.3 is 28.8 Å². The Morgan fingerprint density at radius 1 is 0.933 bits per heavy atom. The SMILES string of the molecule is COc1ccc(COCc2cc(OC)ccc2[C@H](O)c2ncccc2[C@@H](CC(=O)OC(C)(C)C)c2ccc3c(c2)OCC3)cc1. The van der Waals surface area contributed by atoms with E-state index in [1.807, 2.05) is 93.6 Å². The van der Waals surface area contributed by atoms with Crippen molar-refractivity contribution >= 4 is 5.97 Å². The number of benzene rings is 3. The number of ether oxygens (including phenoxy) is 5. The van der Waals surface area contributed by atoms with Crippen molar-refractivity contribution in [2.75, 3.05) is 20.8 Å². The monoisotopic (exact) mass is 611 g/mol. The first-order chi connectivity index (χ1) is 21.6. The van der Waals surface area contributed by atoms with Crippen LogP contribution in [-0.4, -0.2) is 42.5 Å². The number of hydrogen-bond donors (Lipinski definition) is 1. The zero-order valence-electron chi connectivity index (χ0n) is 26.5. The molecule has 0 saturated carbocycles. The number of hydrogen-bond acceptors (Lipinski definition) is 8. The van der Waals surface area contributed by atoms with Crippen molar-refractivity contribution in [3.63, 3.8) is 0 Å². The molecule has 1 N–H and O–H groups in total. The highest BCUT2D eigenvalue weighted by Crippen LogP contribution is 2.39. The number of aliphatic hydroxyl groups is 1. The molecule has 0 saturated heterocycles. The summed E-state index contributed by atoms with van der Waals surface area (Å²) >= 11 is 0. The molecule has 8 nitrogen and oxygen atoms in total. The Balaban J connectivity index is 1.47. The fraction of sp³-hybridized carbons (Fsp3) is 0.351. The Morgan fingerprint density at radius 2 is 1.69 bits per heavy atom. The fourth-order valence-corrected chi connectivity index (χ4v) is 5.56. The summed E-state index contributed by atoms with van der Waals surface area (Å²) in [5, 5.41) is 11.9. The third-order valence-electron chi connectivity index (χ3n) is 7.75. The van der Waals surface area contributed by atoms with E-state index >= 15 is 0 Å². The summed E-state index contributed by atoms with van der Waals surface area (Å²) in [6.07, 6.45) is 1.48. The lowest BCUT2D eigenvalue weighted by Crippen LogP contribution is -2.25. The molecular formula is C37H41NO7. The van der Waals surface area contributed by atoms with Gasteiger partial charge in [0.05, 0.1) is 46.2 Å². The van der Waals surface area contributed by atoms with Crippen molar-refractivity contribution in [3.8, 4) is 17.2 Å². The second-order valence-corrected chi connectivity index (χ2v) is 12.1. The van der Waals surface area contributed by atoms with Gasteiger partial charge in [0.25, 0.3) is 0 Å². The van der Waals surface area contributed by atoms with Gasteiger partial charge in [0, 0.05) is 18.5 Å². The van der Waals surface area contributed by atoms with Crippen LogP contribution in [0, 0.1) is 0 Å². The van der Waals surface area contributed by atoms with E-state index in [4.69, 9.17) is 23.7 Å². The highest BCUT2D eigenvalue weighted by atomic mass is 16.6. The molecule has 1 aliphatic rings. The molecule has 0 amide bonds. The number of esters is 1. The number of nitrogens with zero attached hydrogens (tertiary/aromatic N) is 1. The highest BCUT2D eigenvalue weighted by Gasteiger charge is 2.29. The van der Waals surface area contributed by atoms with Gasteiger partial charge in [0.2, 0.25) is 0 Å². The molecule has 5 rings (SSSR count). The summed E-state index contributed by atoms with van der Waals surface area (Å²) < 4.78 is 28.4. The van der Waals surface area contributed by atoms with E-state index in [0.29, 0.717) is 30.2 Å². The van der Waals surface area contributed by atoms with Crippen LogP contribution < -0.4 is 14.2 Å². The number of aromatic nitrogens is 1. The summed E-state index contributed by atoms with van der Waals surface area (Å²) in [5.41, 5.74) is 4.98. The van der Waals surface area contributed by atoms with Gasteiger partial charge in [-0.25, -0.2) is 0 Å². The molecule has 45 heavy (non-hydrogen) atoms. The van der Waals surface area contributed by atoms with Crippen molar-refractivity contribution in [2.45, 2.75) is 64.4 Å². The fourth-order valence-electron chi connectivity index (χ4n) is 5.56. The molecule has 0 fully saturated rings. The maximum Gasteiger partial charge on any atom is 0.307 e. The number of pyridine rings is 1. The highest BCUT2D eigenvalue weighted by molar-refractivity contribution is 5.72. The number of aliphatic hydroxyl groups excluding tert-OH is 1. The average molecular weight is 612 g/mol. The van der Waals surface area contributed by atoms with Crippen LogP contribution in [0.4, 0.5) is 0 Å². The topological polar surface area (TPSA) is 96.3 Å². The Morgan fingerprint density at radius 3 is 2.42 bits per heavy atom. The van der Waals surface area contributed by atoms with Crippen molar-refractivity contribution in [1.82, 2.24) is 4.98 Å². The van der Waals surface area contributed by atoms with E-state index in [-0.39, 0.29) is 19.0 Å². The van der Waals surface area contributed by atoms with Crippen LogP contribution >= 0.6 is 0 Å². The van der Waals surface area contributed by atoms with Gasteiger partial charge >= 0.3 is 5.97 Å². The van der Waals surface area contributed by atoms with Gasteiger partial charge in [-0.05, 0) is 90.6 Å². The van der Waals surface area contributed by atoms with Gasteiger partial charge in [-0.3, -0.25) is 9.78 Å². The molecule has 4 aromatic rings. The Labute approximate surface area is 264 Å². The second-order valence-electron chi connectivity index (χ2n) is 12.1. The lowest BCUT2D eigenvalue weighted by atomic mass is 9.84. The molecule has 3 aromatic carbocycles. The van der Waals surface area contributed by atoms with E-state index in [2.05, 4.69) is 4.98 Å². The summed E-state index contributed by atoms with van der Waals surface area (Å²) in [6, 6.07) is 23.0. The van der Waals surface area contributed by atoms with Crippen LogP contribution in [0.3, 0.4) is 0 Å². The van der Waals surface area contributed by atoms with Gasteiger partial charge in [-0.15, -0.1) is 0 Å². The van der Waals surface area contributed by atoms with Gasteiger partial charge in [-0.1, -0.05) is 36.4 Å². The molecule has 2 atom stereocenters. The lowest BCUT2D eigenvalue weighted by molar-refractivity contribution is -0.155. The molecule has 8 heteroatoms. The zero-order valence-corrected chi connectivity index (χ0v) is 26.5. The van der Waals surface area contributed by atoms with E-state index < -0.39 is 17.6 Å².